The molecule has 0 saturated carbocycles. The van der Waals surface area contributed by atoms with Crippen molar-refractivity contribution >= 4 is 21.9 Å². The number of phenols is 1. The van der Waals surface area contributed by atoms with Crippen molar-refractivity contribution in [2.45, 2.75) is 6.92 Å². The second-order valence-corrected chi connectivity index (χ2v) is 3.76. The lowest BCUT2D eigenvalue weighted by atomic mass is 10.1. The predicted octanol–water partition coefficient (Wildman–Crippen LogP) is 1.42. The highest BCUT2D eigenvalue weighted by Crippen LogP contribution is 2.18. The lowest BCUT2D eigenvalue weighted by molar-refractivity contribution is 0.476. The molecule has 0 aliphatic rings. The maximum Gasteiger partial charge on any atom is 0.200 e. The van der Waals surface area contributed by atoms with Crippen molar-refractivity contribution in [1.29, 1.82) is 0 Å². The first-order valence-corrected chi connectivity index (χ1v) is 4.86. The Balaban J connectivity index is 2.64. The van der Waals surface area contributed by atoms with E-state index in [0.717, 1.165) is 5.69 Å². The maximum absolute atomic E-state index is 12.1. The van der Waals surface area contributed by atoms with Crippen molar-refractivity contribution in [3.8, 4) is 5.75 Å². The molecule has 3 N–H and O–H groups in total. The summed E-state index contributed by atoms with van der Waals surface area (Å²) in [5.74, 6) is 0.0819. The SMILES string of the molecule is Cc1[nH]nc2[nH]c3ccc(O)cc3c(=O)c12. The topological polar surface area (TPSA) is 81.8 Å². The second-order valence-electron chi connectivity index (χ2n) is 3.76. The fraction of sp³-hybridized carbons (Fsp3) is 0.0909. The summed E-state index contributed by atoms with van der Waals surface area (Å²) in [7, 11) is 0. The number of fused-ring (bicyclic) bond motifs is 2. The van der Waals surface area contributed by atoms with Crippen molar-refractivity contribution in [1.82, 2.24) is 15.2 Å². The van der Waals surface area contributed by atoms with Gasteiger partial charge in [-0.1, -0.05) is 0 Å². The Morgan fingerprint density at radius 1 is 1.38 bits per heavy atom. The van der Waals surface area contributed by atoms with Crippen LogP contribution in [0.15, 0.2) is 23.0 Å². The van der Waals surface area contributed by atoms with E-state index >= 15 is 0 Å². The molecule has 0 atom stereocenters. The lowest BCUT2D eigenvalue weighted by Crippen LogP contribution is -2.03. The summed E-state index contributed by atoms with van der Waals surface area (Å²) in [4.78, 5) is 15.2. The minimum absolute atomic E-state index is 0.0819. The largest absolute Gasteiger partial charge is 0.508 e. The van der Waals surface area contributed by atoms with Crippen molar-refractivity contribution in [3.05, 3.63) is 34.1 Å². The Labute approximate surface area is 89.7 Å². The summed E-state index contributed by atoms with van der Waals surface area (Å²) in [5, 5.41) is 17.2. The molecule has 0 aliphatic carbocycles. The van der Waals surface area contributed by atoms with E-state index in [4.69, 9.17) is 0 Å². The van der Waals surface area contributed by atoms with Crippen LogP contribution in [0, 0.1) is 6.92 Å². The van der Waals surface area contributed by atoms with Gasteiger partial charge in [0.05, 0.1) is 10.9 Å². The Hall–Kier alpha value is -2.30. The molecular weight excluding hydrogens is 206 g/mol. The van der Waals surface area contributed by atoms with Crippen molar-refractivity contribution < 1.29 is 5.11 Å². The Morgan fingerprint density at radius 3 is 3.00 bits per heavy atom. The van der Waals surface area contributed by atoms with E-state index in [-0.39, 0.29) is 11.2 Å². The highest BCUT2D eigenvalue weighted by molar-refractivity contribution is 5.92. The molecule has 80 valence electrons. The third kappa shape index (κ3) is 1.05. The standard InChI is InChI=1S/C11H9N3O2/c1-5-9-10(16)7-4-6(15)2-3-8(7)12-11(9)14-13-5/h2-4,15H,1H3,(H2,12,13,14,16). The van der Waals surface area contributed by atoms with Crippen LogP contribution in [0.25, 0.3) is 21.9 Å². The number of aryl methyl sites for hydroxylation is 1. The molecule has 3 aromatic rings. The first kappa shape index (κ1) is 8.96. The molecule has 0 unspecified atom stereocenters. The van der Waals surface area contributed by atoms with Crippen LogP contribution < -0.4 is 5.43 Å². The van der Waals surface area contributed by atoms with Crippen LogP contribution in [0.3, 0.4) is 0 Å². The quantitative estimate of drug-likeness (QED) is 0.530. The van der Waals surface area contributed by atoms with Gasteiger partial charge in [0.25, 0.3) is 0 Å². The fourth-order valence-corrected chi connectivity index (χ4v) is 1.89. The van der Waals surface area contributed by atoms with Crippen LogP contribution in [0.2, 0.25) is 0 Å². The number of phenolic OH excluding ortho intramolecular Hbond substituents is 1. The van der Waals surface area contributed by atoms with E-state index in [1.165, 1.54) is 12.1 Å². The highest BCUT2D eigenvalue weighted by Gasteiger charge is 2.10. The molecule has 0 bridgehead atoms. The van der Waals surface area contributed by atoms with Gasteiger partial charge in [0.1, 0.15) is 5.75 Å². The number of pyridine rings is 1. The molecule has 0 radical (unpaired) electrons. The molecule has 0 amide bonds. The summed E-state index contributed by atoms with van der Waals surface area (Å²) >= 11 is 0. The molecule has 5 nitrogen and oxygen atoms in total. The summed E-state index contributed by atoms with van der Waals surface area (Å²) in [6.07, 6.45) is 0. The van der Waals surface area contributed by atoms with E-state index in [1.54, 1.807) is 13.0 Å². The summed E-state index contributed by atoms with van der Waals surface area (Å²) in [6, 6.07) is 4.65. The van der Waals surface area contributed by atoms with Gasteiger partial charge in [0, 0.05) is 11.1 Å². The van der Waals surface area contributed by atoms with E-state index in [9.17, 15) is 9.90 Å². The van der Waals surface area contributed by atoms with Crippen molar-refractivity contribution in [2.24, 2.45) is 0 Å². The normalized spacial score (nSPS) is 11.3. The number of hydrogen-bond acceptors (Lipinski definition) is 3. The zero-order chi connectivity index (χ0) is 11.3. The van der Waals surface area contributed by atoms with Gasteiger partial charge in [-0.2, -0.15) is 5.10 Å². The van der Waals surface area contributed by atoms with Crippen LogP contribution in [0.1, 0.15) is 5.69 Å². The Morgan fingerprint density at radius 2 is 2.19 bits per heavy atom. The number of rotatable bonds is 0. The minimum atomic E-state index is -0.120. The molecule has 1 aromatic carbocycles. The van der Waals surface area contributed by atoms with E-state index in [2.05, 4.69) is 15.2 Å². The number of aromatic amines is 2. The number of benzene rings is 1. The highest BCUT2D eigenvalue weighted by atomic mass is 16.3. The van der Waals surface area contributed by atoms with Gasteiger partial charge in [-0.15, -0.1) is 0 Å². The van der Waals surface area contributed by atoms with Gasteiger partial charge in [0.2, 0.25) is 5.43 Å². The third-order valence-electron chi connectivity index (χ3n) is 2.68. The second kappa shape index (κ2) is 2.85. The molecule has 2 heterocycles. The smallest absolute Gasteiger partial charge is 0.200 e. The van der Waals surface area contributed by atoms with Gasteiger partial charge in [0.15, 0.2) is 5.65 Å². The van der Waals surface area contributed by atoms with Crippen LogP contribution >= 0.6 is 0 Å². The number of H-pyrrole nitrogens is 2. The predicted molar refractivity (Wildman–Crippen MR) is 60.6 cm³/mol. The van der Waals surface area contributed by atoms with Crippen molar-refractivity contribution in [2.75, 3.05) is 0 Å². The number of aromatic hydroxyl groups is 1. The average Bonchev–Trinajstić information content (AvgIpc) is 2.62. The molecule has 0 aliphatic heterocycles. The van der Waals surface area contributed by atoms with E-state index in [1.807, 2.05) is 0 Å². The lowest BCUT2D eigenvalue weighted by Gasteiger charge is -1.99. The Bertz CT molecular complexity index is 755. The number of nitrogens with one attached hydrogen (secondary N) is 2. The van der Waals surface area contributed by atoms with E-state index < -0.39 is 0 Å². The molecule has 16 heavy (non-hydrogen) atoms. The average molecular weight is 215 g/mol. The number of nitrogens with zero attached hydrogens (tertiary/aromatic N) is 1. The van der Waals surface area contributed by atoms with Gasteiger partial charge in [-0.3, -0.25) is 9.89 Å². The third-order valence-corrected chi connectivity index (χ3v) is 2.68. The maximum atomic E-state index is 12.1. The van der Waals surface area contributed by atoms with Crippen LogP contribution in [0.4, 0.5) is 0 Å². The summed E-state index contributed by atoms with van der Waals surface area (Å²) < 4.78 is 0. The minimum Gasteiger partial charge on any atom is -0.508 e. The van der Waals surface area contributed by atoms with Gasteiger partial charge < -0.3 is 10.1 Å². The molecular formula is C11H9N3O2. The van der Waals surface area contributed by atoms with Gasteiger partial charge in [-0.05, 0) is 25.1 Å². The molecule has 2 aromatic heterocycles. The van der Waals surface area contributed by atoms with E-state index in [0.29, 0.717) is 21.9 Å². The van der Waals surface area contributed by atoms with Gasteiger partial charge in [-0.25, -0.2) is 0 Å². The monoisotopic (exact) mass is 215 g/mol. The van der Waals surface area contributed by atoms with Gasteiger partial charge >= 0.3 is 0 Å². The Kier molecular flexibility index (Phi) is 1.60. The molecule has 0 saturated heterocycles. The fourth-order valence-electron chi connectivity index (χ4n) is 1.89. The van der Waals surface area contributed by atoms with Crippen molar-refractivity contribution in [3.63, 3.8) is 0 Å². The number of aromatic nitrogens is 3. The summed E-state index contributed by atoms with van der Waals surface area (Å²) in [6.45, 7) is 1.79. The first-order valence-electron chi connectivity index (χ1n) is 4.86. The molecule has 5 heteroatoms. The zero-order valence-corrected chi connectivity index (χ0v) is 8.53. The molecule has 3 rings (SSSR count). The first-order chi connectivity index (χ1) is 7.66. The summed E-state index contributed by atoms with van der Waals surface area (Å²) in [5.41, 5.74) is 1.81. The van der Waals surface area contributed by atoms with Crippen LogP contribution in [-0.2, 0) is 0 Å². The molecule has 0 fully saturated rings. The van der Waals surface area contributed by atoms with Crippen LogP contribution in [-0.4, -0.2) is 20.3 Å². The number of hydrogen-bond donors (Lipinski definition) is 3. The molecule has 0 spiro atoms. The van der Waals surface area contributed by atoms with Crippen LogP contribution in [0.5, 0.6) is 5.75 Å². The zero-order valence-electron chi connectivity index (χ0n) is 8.53.